The third-order valence-electron chi connectivity index (χ3n) is 6.91. The van der Waals surface area contributed by atoms with E-state index < -0.39 is 0 Å². The van der Waals surface area contributed by atoms with Gasteiger partial charge in [-0.25, -0.2) is 0 Å². The van der Waals surface area contributed by atoms with Crippen LogP contribution in [0.2, 0.25) is 0 Å². The van der Waals surface area contributed by atoms with Gasteiger partial charge in [0.05, 0.1) is 29.8 Å². The molecule has 1 saturated carbocycles. The highest BCUT2D eigenvalue weighted by Gasteiger charge is 2.56. The van der Waals surface area contributed by atoms with Gasteiger partial charge in [0.25, 0.3) is 5.91 Å². The number of hydrogen-bond donors (Lipinski definition) is 3. The van der Waals surface area contributed by atoms with Gasteiger partial charge in [0.1, 0.15) is 5.76 Å². The summed E-state index contributed by atoms with van der Waals surface area (Å²) in [6, 6.07) is 23.6. The van der Waals surface area contributed by atoms with E-state index in [0.29, 0.717) is 23.8 Å². The van der Waals surface area contributed by atoms with Crippen molar-refractivity contribution < 1.29 is 9.21 Å². The van der Waals surface area contributed by atoms with Crippen LogP contribution in [0.25, 0.3) is 6.08 Å². The Morgan fingerprint density at radius 1 is 1.11 bits per heavy atom. The summed E-state index contributed by atoms with van der Waals surface area (Å²) in [5, 5.41) is 9.96. The number of nitrogens with zero attached hydrogens (tertiary/aromatic N) is 1. The summed E-state index contributed by atoms with van der Waals surface area (Å²) in [6.07, 6.45) is 9.03. The van der Waals surface area contributed by atoms with E-state index in [9.17, 15) is 4.79 Å². The Morgan fingerprint density at radius 2 is 2.03 bits per heavy atom. The number of para-hydroxylation sites is 1. The normalized spacial score (nSPS) is 19.9. The fourth-order valence-electron chi connectivity index (χ4n) is 4.96. The number of aromatic nitrogens is 1. The van der Waals surface area contributed by atoms with Crippen LogP contribution in [0.5, 0.6) is 0 Å². The second kappa shape index (κ2) is 8.80. The number of benzene rings is 2. The molecule has 4 aromatic rings. The molecule has 1 amide bonds. The van der Waals surface area contributed by atoms with Crippen molar-refractivity contribution in [3.8, 4) is 0 Å². The predicted octanol–water partition coefficient (Wildman–Crippen LogP) is 5.74. The largest absolute Gasteiger partial charge is 0.467 e. The zero-order valence-corrected chi connectivity index (χ0v) is 19.2. The Hall–Kier alpha value is -4.32. The minimum atomic E-state index is -0.153. The lowest BCUT2D eigenvalue weighted by Gasteiger charge is -2.25. The first-order valence-corrected chi connectivity index (χ1v) is 11.9. The van der Waals surface area contributed by atoms with E-state index in [2.05, 4.69) is 51.3 Å². The minimum absolute atomic E-state index is 0.0697. The molecule has 2 atom stereocenters. The van der Waals surface area contributed by atoms with Gasteiger partial charge in [-0.1, -0.05) is 30.3 Å². The third kappa shape index (κ3) is 4.19. The highest BCUT2D eigenvalue weighted by molar-refractivity contribution is 6.00. The number of allylic oxidation sites excluding steroid dienone is 1. The molecule has 1 fully saturated rings. The van der Waals surface area contributed by atoms with Crippen LogP contribution in [-0.4, -0.2) is 17.4 Å². The average Bonchev–Trinajstić information content (AvgIpc) is 3.40. The predicted molar refractivity (Wildman–Crippen MR) is 138 cm³/mol. The van der Waals surface area contributed by atoms with E-state index >= 15 is 0 Å². The lowest BCUT2D eigenvalue weighted by atomic mass is 9.88. The molecule has 2 aromatic carbocycles. The van der Waals surface area contributed by atoms with Gasteiger partial charge in [-0.3, -0.25) is 9.78 Å². The van der Waals surface area contributed by atoms with E-state index in [1.54, 1.807) is 6.26 Å². The molecule has 1 aliphatic carbocycles. The van der Waals surface area contributed by atoms with Crippen molar-refractivity contribution in [2.75, 3.05) is 17.2 Å². The molecule has 6 heteroatoms. The molecule has 0 spiro atoms. The number of pyridine rings is 1. The summed E-state index contributed by atoms with van der Waals surface area (Å²) >= 11 is 0. The van der Waals surface area contributed by atoms with Crippen molar-refractivity contribution in [2.24, 2.45) is 5.92 Å². The summed E-state index contributed by atoms with van der Waals surface area (Å²) < 4.78 is 5.32. The minimum Gasteiger partial charge on any atom is -0.467 e. The highest BCUT2D eigenvalue weighted by Crippen LogP contribution is 2.60. The number of rotatable bonds is 7. The van der Waals surface area contributed by atoms with E-state index in [0.717, 1.165) is 35.7 Å². The molecule has 3 heterocycles. The van der Waals surface area contributed by atoms with Crippen LogP contribution in [0.15, 0.2) is 95.7 Å². The summed E-state index contributed by atoms with van der Waals surface area (Å²) in [5.74, 6) is 1.17. The van der Waals surface area contributed by atoms with Gasteiger partial charge in [-0.2, -0.15) is 0 Å². The van der Waals surface area contributed by atoms with Gasteiger partial charge < -0.3 is 20.4 Å². The van der Waals surface area contributed by atoms with E-state index in [-0.39, 0.29) is 11.3 Å². The molecule has 0 saturated heterocycles. The van der Waals surface area contributed by atoms with Gasteiger partial charge >= 0.3 is 0 Å². The number of nitrogens with one attached hydrogen (secondary N) is 3. The maximum Gasteiger partial charge on any atom is 0.253 e. The number of furan rings is 1. The number of carbonyl (C=O) groups excluding carboxylic acids is 1. The first-order valence-electron chi connectivity index (χ1n) is 11.9. The Morgan fingerprint density at radius 3 is 2.89 bits per heavy atom. The lowest BCUT2D eigenvalue weighted by Crippen LogP contribution is -2.23. The highest BCUT2D eigenvalue weighted by atomic mass is 16.3. The maximum atomic E-state index is 12.8. The molecular weight excluding hydrogens is 436 g/mol. The summed E-state index contributed by atoms with van der Waals surface area (Å²) in [6.45, 7) is 1.30. The molecule has 35 heavy (non-hydrogen) atoms. The first-order chi connectivity index (χ1) is 17.2. The molecule has 1 aliphatic heterocycles. The summed E-state index contributed by atoms with van der Waals surface area (Å²) in [5.41, 5.74) is 5.78. The van der Waals surface area contributed by atoms with Gasteiger partial charge in [0, 0.05) is 29.5 Å². The van der Waals surface area contributed by atoms with E-state index in [4.69, 9.17) is 4.42 Å². The Labute approximate surface area is 204 Å². The third-order valence-corrected chi connectivity index (χ3v) is 6.91. The van der Waals surface area contributed by atoms with Crippen molar-refractivity contribution >= 4 is 29.0 Å². The molecule has 3 N–H and O–H groups in total. The van der Waals surface area contributed by atoms with Crippen LogP contribution in [0.4, 0.5) is 17.1 Å². The van der Waals surface area contributed by atoms with Gasteiger partial charge in [0.15, 0.2) is 0 Å². The smallest absolute Gasteiger partial charge is 0.253 e. The number of hydrogen-bond acceptors (Lipinski definition) is 5. The number of carbonyl (C=O) groups is 1. The second-order valence-corrected chi connectivity index (χ2v) is 9.10. The molecule has 1 unspecified atom stereocenters. The first kappa shape index (κ1) is 21.2. The van der Waals surface area contributed by atoms with Crippen LogP contribution < -0.4 is 16.0 Å². The van der Waals surface area contributed by atoms with Crippen molar-refractivity contribution in [2.45, 2.75) is 18.4 Å². The number of anilines is 3. The van der Waals surface area contributed by atoms with Crippen molar-refractivity contribution in [1.29, 1.82) is 0 Å². The van der Waals surface area contributed by atoms with Gasteiger partial charge in [-0.05, 0) is 72.5 Å². The summed E-state index contributed by atoms with van der Waals surface area (Å²) in [4.78, 5) is 17.3. The molecule has 174 valence electrons. The Balaban J connectivity index is 1.21. The van der Waals surface area contributed by atoms with Crippen molar-refractivity contribution in [1.82, 2.24) is 10.3 Å². The molecule has 6 nitrogen and oxygen atoms in total. The molecule has 6 rings (SSSR count). The standard InChI is InChI=1S/C29H26N4O2/c34-28(32-19-23-7-5-15-35-23)24-8-1-2-9-26(24)33-22-10-11-25-27(16-22)31-18-20-17-29(20,25)13-12-21-6-3-4-14-30-21/h1-16,20,31,33H,17-19H2,(H,32,34)/b13-12+/t20?,29-/m1/s1. The van der Waals surface area contributed by atoms with E-state index in [1.165, 1.54) is 5.56 Å². The Kier molecular flexibility index (Phi) is 5.34. The number of amides is 1. The SMILES string of the molecule is O=C(NCc1ccco1)c1ccccc1Nc1ccc2c(c1)NCC1C[C@@]21/C=C/c1ccccn1. The number of fused-ring (bicyclic) bond motifs is 3. The van der Waals surface area contributed by atoms with Gasteiger partial charge in [0.2, 0.25) is 0 Å². The molecular formula is C29H26N4O2. The topological polar surface area (TPSA) is 79.2 Å². The second-order valence-electron chi connectivity index (χ2n) is 9.10. The average molecular weight is 463 g/mol. The fraction of sp³-hybridized carbons (Fsp3) is 0.172. The fourth-order valence-corrected chi connectivity index (χ4v) is 4.96. The summed E-state index contributed by atoms with van der Waals surface area (Å²) in [7, 11) is 0. The van der Waals surface area contributed by atoms with Crippen LogP contribution in [0, 0.1) is 5.92 Å². The van der Waals surface area contributed by atoms with E-state index in [1.807, 2.05) is 60.8 Å². The molecule has 2 aliphatic rings. The lowest BCUT2D eigenvalue weighted by molar-refractivity contribution is 0.0949. The maximum absolute atomic E-state index is 12.8. The Bertz CT molecular complexity index is 1380. The van der Waals surface area contributed by atoms with Crippen LogP contribution >= 0.6 is 0 Å². The van der Waals surface area contributed by atoms with Crippen LogP contribution in [0.3, 0.4) is 0 Å². The molecule has 0 bridgehead atoms. The molecule has 2 aromatic heterocycles. The van der Waals surface area contributed by atoms with Crippen molar-refractivity contribution in [3.63, 3.8) is 0 Å². The monoisotopic (exact) mass is 462 g/mol. The van der Waals surface area contributed by atoms with Crippen LogP contribution in [0.1, 0.15) is 33.8 Å². The zero-order valence-electron chi connectivity index (χ0n) is 19.2. The van der Waals surface area contributed by atoms with Gasteiger partial charge in [-0.15, -0.1) is 0 Å². The zero-order chi connectivity index (χ0) is 23.7. The quantitative estimate of drug-likeness (QED) is 0.326. The van der Waals surface area contributed by atoms with Crippen molar-refractivity contribution in [3.05, 3.63) is 114 Å². The van der Waals surface area contributed by atoms with Crippen LogP contribution in [-0.2, 0) is 12.0 Å². The molecule has 0 radical (unpaired) electrons.